The number of nitro groups is 1. The Morgan fingerprint density at radius 2 is 2.38 bits per heavy atom. The van der Waals surface area contributed by atoms with E-state index in [2.05, 4.69) is 15.0 Å². The number of nitrogens with two attached hydrogens (primary N) is 1. The molecule has 66 valence electrons. The molecule has 8 nitrogen and oxygen atoms in total. The summed E-state index contributed by atoms with van der Waals surface area (Å²) >= 11 is 0. The molecule has 0 aliphatic carbocycles. The molecule has 0 aromatic carbocycles. The maximum atomic E-state index is 10.2. The molecule has 0 radical (unpaired) electrons. The van der Waals surface area contributed by atoms with Gasteiger partial charge in [0, 0.05) is 0 Å². The van der Waals surface area contributed by atoms with E-state index in [4.69, 9.17) is 5.73 Å². The van der Waals surface area contributed by atoms with Gasteiger partial charge in [0.05, 0.1) is 4.92 Å². The fourth-order valence-electron chi connectivity index (χ4n) is 0.614. The first-order chi connectivity index (χ1) is 6.15. The maximum absolute atomic E-state index is 10.2. The molecule has 0 saturated heterocycles. The summed E-state index contributed by atoms with van der Waals surface area (Å²) in [6.07, 6.45) is 2.06. The summed E-state index contributed by atoms with van der Waals surface area (Å²) in [5.74, 6) is -0.591. The van der Waals surface area contributed by atoms with Crippen LogP contribution in [0.1, 0.15) is 0 Å². The van der Waals surface area contributed by atoms with Crippen LogP contribution in [0.25, 0.3) is 0 Å². The molecule has 1 aromatic heterocycles. The summed E-state index contributed by atoms with van der Waals surface area (Å²) in [4.78, 5) is 29.1. The van der Waals surface area contributed by atoms with Crippen molar-refractivity contribution in [3.63, 3.8) is 0 Å². The lowest BCUT2D eigenvalue weighted by Gasteiger charge is -1.94. The summed E-state index contributed by atoms with van der Waals surface area (Å²) in [6, 6.07) is 0. The molecule has 0 atom stereocenters. The second kappa shape index (κ2) is 3.37. The fraction of sp³-hybridized carbons (Fsp3) is 0. The molecular formula is C5H3N5O3. The zero-order chi connectivity index (χ0) is 9.84. The van der Waals surface area contributed by atoms with E-state index in [1.165, 1.54) is 6.08 Å². The van der Waals surface area contributed by atoms with Crippen molar-refractivity contribution < 1.29 is 9.72 Å². The van der Waals surface area contributed by atoms with Gasteiger partial charge in [-0.05, 0) is 0 Å². The highest BCUT2D eigenvalue weighted by Gasteiger charge is 2.13. The highest BCUT2D eigenvalue weighted by molar-refractivity contribution is 5.53. The minimum atomic E-state index is -0.732. The lowest BCUT2D eigenvalue weighted by Crippen LogP contribution is -1.99. The van der Waals surface area contributed by atoms with Gasteiger partial charge in [-0.2, -0.15) is 4.98 Å². The first-order valence-corrected chi connectivity index (χ1v) is 3.00. The first kappa shape index (κ1) is 8.75. The van der Waals surface area contributed by atoms with Crippen molar-refractivity contribution in [2.75, 3.05) is 5.73 Å². The Hall–Kier alpha value is -2.34. The van der Waals surface area contributed by atoms with Gasteiger partial charge in [-0.25, -0.2) is 9.78 Å². The van der Waals surface area contributed by atoms with Gasteiger partial charge in [-0.1, -0.05) is 0 Å². The van der Waals surface area contributed by atoms with E-state index < -0.39 is 10.6 Å². The zero-order valence-electron chi connectivity index (χ0n) is 6.17. The summed E-state index contributed by atoms with van der Waals surface area (Å²) in [5.41, 5.74) is 4.74. The number of isocyanates is 1. The van der Waals surface area contributed by atoms with Crippen LogP contribution in [-0.4, -0.2) is 21.0 Å². The minimum Gasteiger partial charge on any atom is -0.378 e. The van der Waals surface area contributed by atoms with Crippen molar-refractivity contribution in [2.24, 2.45) is 4.99 Å². The van der Waals surface area contributed by atoms with Crippen LogP contribution in [0.2, 0.25) is 0 Å². The van der Waals surface area contributed by atoms with Gasteiger partial charge < -0.3 is 5.73 Å². The standard InChI is InChI=1S/C5H3N5O3/c6-4-3(10(12)13)1-7-5(9-4)8-2-11/h1H,(H2,6,7,9). The monoisotopic (exact) mass is 181 g/mol. The van der Waals surface area contributed by atoms with Crippen LogP contribution in [-0.2, 0) is 4.79 Å². The highest BCUT2D eigenvalue weighted by Crippen LogP contribution is 2.18. The van der Waals surface area contributed by atoms with Crippen LogP contribution in [0.5, 0.6) is 0 Å². The molecule has 0 aliphatic heterocycles. The number of hydrogen-bond donors (Lipinski definition) is 1. The van der Waals surface area contributed by atoms with Gasteiger partial charge in [0.15, 0.2) is 0 Å². The van der Waals surface area contributed by atoms with E-state index in [0.29, 0.717) is 0 Å². The van der Waals surface area contributed by atoms with Crippen LogP contribution in [0.4, 0.5) is 17.5 Å². The number of hydrogen-bond acceptors (Lipinski definition) is 7. The smallest absolute Gasteiger partial charge is 0.329 e. The lowest BCUT2D eigenvalue weighted by atomic mass is 10.5. The third-order valence-electron chi connectivity index (χ3n) is 1.13. The van der Waals surface area contributed by atoms with Gasteiger partial charge in [-0.3, -0.25) is 10.1 Å². The summed E-state index contributed by atoms with van der Waals surface area (Å²) in [7, 11) is 0. The molecule has 1 heterocycles. The normalized spacial score (nSPS) is 8.92. The third kappa shape index (κ3) is 1.82. The second-order valence-corrected chi connectivity index (χ2v) is 1.90. The number of nitrogen functional groups attached to an aromatic ring is 1. The van der Waals surface area contributed by atoms with Crippen molar-refractivity contribution in [1.82, 2.24) is 9.97 Å². The Balaban J connectivity index is 3.19. The molecule has 8 heteroatoms. The van der Waals surface area contributed by atoms with Gasteiger partial charge in [0.2, 0.25) is 11.9 Å². The van der Waals surface area contributed by atoms with E-state index >= 15 is 0 Å². The molecule has 1 rings (SSSR count). The topological polar surface area (TPSA) is 124 Å². The summed E-state index contributed by atoms with van der Waals surface area (Å²) in [5, 5.41) is 10.2. The predicted molar refractivity (Wildman–Crippen MR) is 40.9 cm³/mol. The van der Waals surface area contributed by atoms with Gasteiger partial charge in [0.1, 0.15) is 6.20 Å². The van der Waals surface area contributed by atoms with Crippen LogP contribution in [0, 0.1) is 10.1 Å². The van der Waals surface area contributed by atoms with Crippen LogP contribution in [0.3, 0.4) is 0 Å². The summed E-state index contributed by atoms with van der Waals surface area (Å²) in [6.45, 7) is 0. The van der Waals surface area contributed by atoms with E-state index in [-0.39, 0.29) is 11.8 Å². The molecule has 0 spiro atoms. The van der Waals surface area contributed by atoms with Crippen molar-refractivity contribution in [3.8, 4) is 0 Å². The molecule has 0 aliphatic rings. The Kier molecular flexibility index (Phi) is 2.27. The molecule has 0 unspecified atom stereocenters. The molecule has 0 bridgehead atoms. The van der Waals surface area contributed by atoms with E-state index in [0.717, 1.165) is 6.20 Å². The fourth-order valence-corrected chi connectivity index (χ4v) is 0.614. The Morgan fingerprint density at radius 3 is 2.85 bits per heavy atom. The highest BCUT2D eigenvalue weighted by atomic mass is 16.6. The Bertz CT molecular complexity index is 397. The molecule has 2 N–H and O–H groups in total. The van der Waals surface area contributed by atoms with Gasteiger partial charge >= 0.3 is 5.69 Å². The first-order valence-electron chi connectivity index (χ1n) is 3.00. The second-order valence-electron chi connectivity index (χ2n) is 1.90. The molecule has 0 amide bonds. The van der Waals surface area contributed by atoms with E-state index in [1.807, 2.05) is 0 Å². The average Bonchev–Trinajstić information content (AvgIpc) is 2.04. The Morgan fingerprint density at radius 1 is 1.69 bits per heavy atom. The SMILES string of the molecule is Nc1nc(N=C=O)ncc1[N+](=O)[O-]. The zero-order valence-corrected chi connectivity index (χ0v) is 6.17. The molecule has 1 aromatic rings. The molecule has 0 saturated carbocycles. The predicted octanol–water partition coefficient (Wildman–Crippen LogP) is -0.0657. The third-order valence-corrected chi connectivity index (χ3v) is 1.13. The molecular weight excluding hydrogens is 178 g/mol. The lowest BCUT2D eigenvalue weighted by molar-refractivity contribution is -0.384. The Labute approximate surface area is 71.3 Å². The summed E-state index contributed by atoms with van der Waals surface area (Å²) < 4.78 is 0. The molecule has 13 heavy (non-hydrogen) atoms. The van der Waals surface area contributed by atoms with Crippen molar-refractivity contribution in [3.05, 3.63) is 16.3 Å². The van der Waals surface area contributed by atoms with Crippen LogP contribution < -0.4 is 5.73 Å². The number of rotatable bonds is 2. The number of nitrogens with zero attached hydrogens (tertiary/aromatic N) is 4. The molecule has 0 fully saturated rings. The van der Waals surface area contributed by atoms with Crippen molar-refractivity contribution in [2.45, 2.75) is 0 Å². The van der Waals surface area contributed by atoms with Gasteiger partial charge in [-0.15, -0.1) is 4.99 Å². The van der Waals surface area contributed by atoms with E-state index in [1.54, 1.807) is 0 Å². The minimum absolute atomic E-state index is 0.252. The quantitative estimate of drug-likeness (QED) is 0.294. The average molecular weight is 181 g/mol. The van der Waals surface area contributed by atoms with Crippen LogP contribution in [0.15, 0.2) is 11.2 Å². The number of anilines is 1. The van der Waals surface area contributed by atoms with Crippen LogP contribution >= 0.6 is 0 Å². The largest absolute Gasteiger partial charge is 0.378 e. The number of aromatic nitrogens is 2. The van der Waals surface area contributed by atoms with Crippen molar-refractivity contribution >= 4 is 23.5 Å². The van der Waals surface area contributed by atoms with Gasteiger partial charge in [0.25, 0.3) is 5.95 Å². The number of carbonyl (C=O) groups excluding carboxylic acids is 1. The van der Waals surface area contributed by atoms with E-state index in [9.17, 15) is 14.9 Å². The van der Waals surface area contributed by atoms with Crippen molar-refractivity contribution in [1.29, 1.82) is 0 Å². The number of aliphatic imine (C=N–C) groups is 1. The maximum Gasteiger partial charge on any atom is 0.329 e.